The molecule has 1 aliphatic rings. The summed E-state index contributed by atoms with van der Waals surface area (Å²) in [4.78, 5) is 11.4. The van der Waals surface area contributed by atoms with E-state index in [2.05, 4.69) is 22.0 Å². The second-order valence-electron chi connectivity index (χ2n) is 5.14. The van der Waals surface area contributed by atoms with Gasteiger partial charge in [0.15, 0.2) is 0 Å². The summed E-state index contributed by atoms with van der Waals surface area (Å²) in [6.07, 6.45) is 6.15. The molecule has 2 nitrogen and oxygen atoms in total. The molecule has 0 spiro atoms. The fourth-order valence-corrected chi connectivity index (χ4v) is 3.35. The summed E-state index contributed by atoms with van der Waals surface area (Å²) in [6, 6.07) is 8.14. The van der Waals surface area contributed by atoms with Crippen LogP contribution in [0.25, 0.3) is 0 Å². The van der Waals surface area contributed by atoms with Crippen LogP contribution in [0, 0.1) is 11.8 Å². The van der Waals surface area contributed by atoms with Gasteiger partial charge in [-0.05, 0) is 36.8 Å². The molecule has 1 aliphatic carbocycles. The molecule has 98 valence electrons. The van der Waals surface area contributed by atoms with E-state index in [1.807, 2.05) is 18.2 Å². The molecule has 0 bridgehead atoms. The summed E-state index contributed by atoms with van der Waals surface area (Å²) in [5.41, 5.74) is 1.23. The number of carboxylic acid groups (broad SMARTS) is 1. The average Bonchev–Trinajstić information content (AvgIpc) is 2.57. The van der Waals surface area contributed by atoms with Crippen molar-refractivity contribution >= 4 is 21.9 Å². The number of aliphatic carboxylic acids is 1. The minimum atomic E-state index is -0.617. The summed E-state index contributed by atoms with van der Waals surface area (Å²) in [5, 5.41) is 9.37. The van der Waals surface area contributed by atoms with E-state index in [0.717, 1.165) is 30.2 Å². The van der Waals surface area contributed by atoms with Gasteiger partial charge in [-0.1, -0.05) is 53.4 Å². The lowest BCUT2D eigenvalue weighted by atomic mass is 9.83. The zero-order chi connectivity index (χ0) is 13.0. The maximum absolute atomic E-state index is 11.4. The van der Waals surface area contributed by atoms with Crippen molar-refractivity contribution in [2.24, 2.45) is 11.8 Å². The predicted octanol–water partition coefficient (Wildman–Crippen LogP) is 4.27. The highest BCUT2D eigenvalue weighted by Gasteiger charge is 2.29. The topological polar surface area (TPSA) is 37.3 Å². The summed E-state index contributed by atoms with van der Waals surface area (Å²) < 4.78 is 1.10. The Morgan fingerprint density at radius 3 is 2.67 bits per heavy atom. The highest BCUT2D eigenvalue weighted by Crippen LogP contribution is 2.33. The first kappa shape index (κ1) is 13.6. The molecule has 0 radical (unpaired) electrons. The number of benzene rings is 1. The van der Waals surface area contributed by atoms with E-state index in [1.165, 1.54) is 18.4 Å². The van der Waals surface area contributed by atoms with Crippen molar-refractivity contribution in [3.05, 3.63) is 34.3 Å². The van der Waals surface area contributed by atoms with Crippen molar-refractivity contribution in [2.75, 3.05) is 0 Å². The minimum Gasteiger partial charge on any atom is -0.481 e. The van der Waals surface area contributed by atoms with E-state index in [1.54, 1.807) is 0 Å². The van der Waals surface area contributed by atoms with Crippen molar-refractivity contribution in [3.63, 3.8) is 0 Å². The van der Waals surface area contributed by atoms with Crippen molar-refractivity contribution in [1.29, 1.82) is 0 Å². The monoisotopic (exact) mass is 310 g/mol. The molecule has 0 amide bonds. The molecule has 18 heavy (non-hydrogen) atoms. The molecule has 1 saturated carbocycles. The van der Waals surface area contributed by atoms with Crippen LogP contribution in [-0.2, 0) is 11.2 Å². The van der Waals surface area contributed by atoms with Gasteiger partial charge in [0.2, 0.25) is 0 Å². The molecular weight excluding hydrogens is 292 g/mol. The second kappa shape index (κ2) is 6.37. The lowest BCUT2D eigenvalue weighted by Gasteiger charge is -2.22. The third kappa shape index (κ3) is 3.35. The molecule has 0 saturated heterocycles. The van der Waals surface area contributed by atoms with E-state index >= 15 is 0 Å². The van der Waals surface area contributed by atoms with Gasteiger partial charge in [-0.3, -0.25) is 4.79 Å². The Morgan fingerprint density at radius 2 is 1.94 bits per heavy atom. The Bertz CT molecular complexity index is 417. The Balaban J connectivity index is 2.14. The number of rotatable bonds is 3. The third-order valence-corrected chi connectivity index (χ3v) is 4.69. The van der Waals surface area contributed by atoms with Gasteiger partial charge in [0, 0.05) is 4.47 Å². The number of carboxylic acids is 1. The normalized spacial score (nSPS) is 24.5. The molecule has 2 unspecified atom stereocenters. The summed E-state index contributed by atoms with van der Waals surface area (Å²) >= 11 is 3.55. The molecular formula is C15H19BrO2. The summed E-state index contributed by atoms with van der Waals surface area (Å²) in [7, 11) is 0. The zero-order valence-corrected chi connectivity index (χ0v) is 12.0. The van der Waals surface area contributed by atoms with Crippen LogP contribution in [0.1, 0.15) is 37.7 Å². The van der Waals surface area contributed by atoms with Crippen LogP contribution in [-0.4, -0.2) is 11.1 Å². The van der Waals surface area contributed by atoms with Gasteiger partial charge >= 0.3 is 5.97 Å². The zero-order valence-electron chi connectivity index (χ0n) is 10.4. The number of carbonyl (C=O) groups is 1. The van der Waals surface area contributed by atoms with E-state index in [4.69, 9.17) is 0 Å². The number of hydrogen-bond donors (Lipinski definition) is 1. The highest BCUT2D eigenvalue weighted by molar-refractivity contribution is 9.10. The minimum absolute atomic E-state index is 0.167. The lowest BCUT2D eigenvalue weighted by molar-refractivity contribution is -0.143. The first-order valence-electron chi connectivity index (χ1n) is 6.64. The maximum atomic E-state index is 11.4. The van der Waals surface area contributed by atoms with Gasteiger partial charge in [-0.15, -0.1) is 0 Å². The summed E-state index contributed by atoms with van der Waals surface area (Å²) in [5.74, 6) is -0.503. The Labute approximate surface area is 117 Å². The van der Waals surface area contributed by atoms with Crippen LogP contribution < -0.4 is 0 Å². The van der Waals surface area contributed by atoms with E-state index in [9.17, 15) is 9.90 Å². The molecule has 2 rings (SSSR count). The van der Waals surface area contributed by atoms with Gasteiger partial charge in [0.1, 0.15) is 0 Å². The fraction of sp³-hybridized carbons (Fsp3) is 0.533. The fourth-order valence-electron chi connectivity index (χ4n) is 2.90. The van der Waals surface area contributed by atoms with E-state index < -0.39 is 5.97 Å². The maximum Gasteiger partial charge on any atom is 0.306 e. The Kier molecular flexibility index (Phi) is 4.81. The Morgan fingerprint density at radius 1 is 1.22 bits per heavy atom. The summed E-state index contributed by atoms with van der Waals surface area (Å²) in [6.45, 7) is 0. The van der Waals surface area contributed by atoms with Gasteiger partial charge in [-0.2, -0.15) is 0 Å². The van der Waals surface area contributed by atoms with Crippen molar-refractivity contribution < 1.29 is 9.90 Å². The average molecular weight is 311 g/mol. The van der Waals surface area contributed by atoms with Gasteiger partial charge < -0.3 is 5.11 Å². The smallest absolute Gasteiger partial charge is 0.306 e. The van der Waals surface area contributed by atoms with Crippen LogP contribution in [0.3, 0.4) is 0 Å². The Hall–Kier alpha value is -0.830. The SMILES string of the molecule is O=C(O)C1CCCCCC1Cc1ccccc1Br. The molecule has 0 heterocycles. The molecule has 0 aromatic heterocycles. The molecule has 1 fully saturated rings. The first-order valence-corrected chi connectivity index (χ1v) is 7.44. The largest absolute Gasteiger partial charge is 0.481 e. The van der Waals surface area contributed by atoms with Crippen molar-refractivity contribution in [3.8, 4) is 0 Å². The van der Waals surface area contributed by atoms with E-state index in [0.29, 0.717) is 0 Å². The van der Waals surface area contributed by atoms with Crippen LogP contribution in [0.4, 0.5) is 0 Å². The predicted molar refractivity (Wildman–Crippen MR) is 75.5 cm³/mol. The van der Waals surface area contributed by atoms with Gasteiger partial charge in [-0.25, -0.2) is 0 Å². The molecule has 1 aromatic carbocycles. The van der Waals surface area contributed by atoms with Crippen LogP contribution >= 0.6 is 15.9 Å². The van der Waals surface area contributed by atoms with Crippen molar-refractivity contribution in [1.82, 2.24) is 0 Å². The molecule has 1 aromatic rings. The number of hydrogen-bond acceptors (Lipinski definition) is 1. The van der Waals surface area contributed by atoms with Gasteiger partial charge in [0.25, 0.3) is 0 Å². The molecule has 1 N–H and O–H groups in total. The molecule has 0 aliphatic heterocycles. The number of halogens is 1. The standard InChI is InChI=1S/C15H19BrO2/c16-14-9-5-4-7-12(14)10-11-6-2-1-3-8-13(11)15(17)18/h4-5,7,9,11,13H,1-3,6,8,10H2,(H,17,18). The van der Waals surface area contributed by atoms with Crippen molar-refractivity contribution in [2.45, 2.75) is 38.5 Å². The third-order valence-electron chi connectivity index (χ3n) is 3.92. The van der Waals surface area contributed by atoms with Crippen LogP contribution in [0.5, 0.6) is 0 Å². The highest BCUT2D eigenvalue weighted by atomic mass is 79.9. The lowest BCUT2D eigenvalue weighted by Crippen LogP contribution is -2.24. The van der Waals surface area contributed by atoms with Gasteiger partial charge in [0.05, 0.1) is 5.92 Å². The quantitative estimate of drug-likeness (QED) is 0.846. The van der Waals surface area contributed by atoms with E-state index in [-0.39, 0.29) is 11.8 Å². The van der Waals surface area contributed by atoms with Crippen LogP contribution in [0.15, 0.2) is 28.7 Å². The molecule has 3 heteroatoms. The second-order valence-corrected chi connectivity index (χ2v) is 5.99. The van der Waals surface area contributed by atoms with Crippen LogP contribution in [0.2, 0.25) is 0 Å². The first-order chi connectivity index (χ1) is 8.68. The molecule has 2 atom stereocenters.